The van der Waals surface area contributed by atoms with Crippen LogP contribution in [0.1, 0.15) is 5.56 Å². The smallest absolute Gasteiger partial charge is 0.214 e. The van der Waals surface area contributed by atoms with Gasteiger partial charge in [-0.05, 0) is 22.0 Å². The zero-order valence-corrected chi connectivity index (χ0v) is 16.2. The number of nitrogens with zero attached hydrogens (tertiary/aromatic N) is 3. The van der Waals surface area contributed by atoms with Crippen molar-refractivity contribution in [2.75, 3.05) is 33.4 Å². The van der Waals surface area contributed by atoms with Crippen LogP contribution in [0.5, 0.6) is 11.6 Å². The first kappa shape index (κ1) is 18.4. The van der Waals surface area contributed by atoms with E-state index in [-0.39, 0.29) is 0 Å². The molecule has 6 nitrogen and oxygen atoms in total. The van der Waals surface area contributed by atoms with E-state index < -0.39 is 0 Å². The lowest BCUT2D eigenvalue weighted by Crippen LogP contribution is -2.50. The number of aromatic nitrogens is 2. The monoisotopic (exact) mass is 427 g/mol. The summed E-state index contributed by atoms with van der Waals surface area (Å²) in [5.41, 5.74) is 1.04. The molecule has 0 aliphatic carbocycles. The van der Waals surface area contributed by atoms with Crippen LogP contribution in [0.2, 0.25) is 5.15 Å². The predicted molar refractivity (Wildman–Crippen MR) is 98.2 cm³/mol. The van der Waals surface area contributed by atoms with Crippen LogP contribution >= 0.6 is 27.5 Å². The summed E-state index contributed by atoms with van der Waals surface area (Å²) in [6.07, 6.45) is 2.16. The minimum absolute atomic E-state index is 0.325. The number of pyridine rings is 2. The highest BCUT2D eigenvalue weighted by Gasteiger charge is 2.27. The van der Waals surface area contributed by atoms with Gasteiger partial charge in [0.2, 0.25) is 5.88 Å². The molecule has 0 spiro atoms. The van der Waals surface area contributed by atoms with E-state index in [1.807, 2.05) is 12.3 Å². The van der Waals surface area contributed by atoms with Crippen LogP contribution in [0.3, 0.4) is 0 Å². The van der Waals surface area contributed by atoms with Gasteiger partial charge in [-0.1, -0.05) is 17.7 Å². The number of hydrogen-bond donors (Lipinski definition) is 0. The minimum Gasteiger partial charge on any atom is -0.490 e. The van der Waals surface area contributed by atoms with Crippen LogP contribution in [-0.2, 0) is 11.3 Å². The predicted octanol–water partition coefficient (Wildman–Crippen LogP) is 3.18. The van der Waals surface area contributed by atoms with Gasteiger partial charge in [0.1, 0.15) is 28.7 Å². The summed E-state index contributed by atoms with van der Waals surface area (Å²) in [5, 5.41) is 0.405. The lowest BCUT2D eigenvalue weighted by atomic mass is 10.1. The molecule has 0 unspecified atom stereocenters. The van der Waals surface area contributed by atoms with Crippen molar-refractivity contribution in [3.05, 3.63) is 45.8 Å². The van der Waals surface area contributed by atoms with E-state index in [2.05, 4.69) is 30.8 Å². The van der Waals surface area contributed by atoms with Gasteiger partial charge in [0.05, 0.1) is 6.10 Å². The molecule has 2 aromatic rings. The van der Waals surface area contributed by atoms with Crippen molar-refractivity contribution in [3.63, 3.8) is 0 Å². The molecule has 0 amide bonds. The number of methoxy groups -OCH3 is 1. The van der Waals surface area contributed by atoms with Crippen molar-refractivity contribution in [1.29, 1.82) is 0 Å². The fraction of sp³-hybridized carbons (Fsp3) is 0.412. The Labute approximate surface area is 160 Å². The third-order valence-corrected chi connectivity index (χ3v) is 4.49. The first-order valence-electron chi connectivity index (χ1n) is 7.92. The molecular formula is C17H19BrClN3O3. The third-order valence-electron chi connectivity index (χ3n) is 3.84. The van der Waals surface area contributed by atoms with Gasteiger partial charge >= 0.3 is 0 Å². The van der Waals surface area contributed by atoms with Gasteiger partial charge in [-0.15, -0.1) is 0 Å². The fourth-order valence-corrected chi connectivity index (χ4v) is 2.97. The quantitative estimate of drug-likeness (QED) is 0.475. The third kappa shape index (κ3) is 5.28. The van der Waals surface area contributed by atoms with Crippen molar-refractivity contribution in [2.24, 2.45) is 0 Å². The zero-order valence-electron chi connectivity index (χ0n) is 13.8. The van der Waals surface area contributed by atoms with Crippen molar-refractivity contribution in [2.45, 2.75) is 12.6 Å². The van der Waals surface area contributed by atoms with Gasteiger partial charge in [-0.2, -0.15) is 0 Å². The summed E-state index contributed by atoms with van der Waals surface area (Å²) in [7, 11) is 1.74. The van der Waals surface area contributed by atoms with Crippen LogP contribution in [0.4, 0.5) is 0 Å². The standard InChI is InChI=1S/C17H19BrClN3O3/c1-23-13-10-22(11-13)9-12-8-20-15(18)7-14(12)24-5-6-25-17-4-2-3-16(19)21-17/h2-4,7-8,13H,5-6,9-11H2,1H3. The van der Waals surface area contributed by atoms with Crippen LogP contribution in [0, 0.1) is 0 Å². The van der Waals surface area contributed by atoms with Crippen molar-refractivity contribution in [3.8, 4) is 11.6 Å². The summed E-state index contributed by atoms with van der Waals surface area (Å²) in [4.78, 5) is 10.7. The summed E-state index contributed by atoms with van der Waals surface area (Å²) in [6, 6.07) is 7.14. The highest BCUT2D eigenvalue weighted by molar-refractivity contribution is 9.10. The Morgan fingerprint density at radius 3 is 2.84 bits per heavy atom. The number of likely N-dealkylation sites (tertiary alicyclic amines) is 1. The molecule has 0 bridgehead atoms. The molecule has 134 valence electrons. The molecule has 1 saturated heterocycles. The minimum atomic E-state index is 0.325. The molecule has 0 radical (unpaired) electrons. The molecule has 0 atom stereocenters. The largest absolute Gasteiger partial charge is 0.490 e. The van der Waals surface area contributed by atoms with Crippen molar-refractivity contribution >= 4 is 27.5 Å². The number of ether oxygens (including phenoxy) is 3. The first-order chi connectivity index (χ1) is 12.1. The average molecular weight is 429 g/mol. The molecule has 1 aliphatic heterocycles. The molecule has 1 fully saturated rings. The van der Waals surface area contributed by atoms with Crippen LogP contribution in [0.25, 0.3) is 0 Å². The Bertz CT molecular complexity index is 713. The van der Waals surface area contributed by atoms with E-state index >= 15 is 0 Å². The molecule has 25 heavy (non-hydrogen) atoms. The zero-order chi connectivity index (χ0) is 17.6. The lowest BCUT2D eigenvalue weighted by molar-refractivity contribution is -0.0337. The first-order valence-corrected chi connectivity index (χ1v) is 9.09. The van der Waals surface area contributed by atoms with E-state index in [0.29, 0.717) is 30.4 Å². The summed E-state index contributed by atoms with van der Waals surface area (Å²) in [6.45, 7) is 3.41. The Balaban J connectivity index is 1.51. The van der Waals surface area contributed by atoms with E-state index in [1.54, 1.807) is 25.3 Å². The molecule has 1 aliphatic rings. The Kier molecular flexibility index (Phi) is 6.47. The Morgan fingerprint density at radius 2 is 2.08 bits per heavy atom. The highest BCUT2D eigenvalue weighted by atomic mass is 79.9. The highest BCUT2D eigenvalue weighted by Crippen LogP contribution is 2.25. The topological polar surface area (TPSA) is 56.7 Å². The number of rotatable bonds is 8. The van der Waals surface area contributed by atoms with Gasteiger partial charge in [0, 0.05) is 50.6 Å². The van der Waals surface area contributed by atoms with Gasteiger partial charge in [-0.25, -0.2) is 9.97 Å². The van der Waals surface area contributed by atoms with Crippen LogP contribution < -0.4 is 9.47 Å². The van der Waals surface area contributed by atoms with Gasteiger partial charge in [0.25, 0.3) is 0 Å². The maximum absolute atomic E-state index is 5.88. The molecule has 3 heterocycles. The fourth-order valence-electron chi connectivity index (χ4n) is 2.50. The Hall–Kier alpha value is -1.41. The van der Waals surface area contributed by atoms with Crippen molar-refractivity contribution < 1.29 is 14.2 Å². The second kappa shape index (κ2) is 8.80. The summed E-state index contributed by atoms with van der Waals surface area (Å²) in [5.74, 6) is 1.28. The van der Waals surface area contributed by atoms with Gasteiger partial charge < -0.3 is 14.2 Å². The van der Waals surface area contributed by atoms with Gasteiger partial charge in [0.15, 0.2) is 0 Å². The van der Waals surface area contributed by atoms with E-state index in [1.165, 1.54) is 0 Å². The summed E-state index contributed by atoms with van der Waals surface area (Å²) >= 11 is 9.22. The molecule has 8 heteroatoms. The average Bonchev–Trinajstić information content (AvgIpc) is 2.56. The second-order valence-corrected chi connectivity index (χ2v) is 6.86. The van der Waals surface area contributed by atoms with Crippen LogP contribution in [-0.4, -0.2) is 54.4 Å². The molecular weight excluding hydrogens is 410 g/mol. The van der Waals surface area contributed by atoms with Crippen LogP contribution in [0.15, 0.2) is 35.1 Å². The maximum Gasteiger partial charge on any atom is 0.214 e. The second-order valence-electron chi connectivity index (χ2n) is 5.66. The van der Waals surface area contributed by atoms with E-state index in [4.69, 9.17) is 25.8 Å². The van der Waals surface area contributed by atoms with Crippen molar-refractivity contribution in [1.82, 2.24) is 14.9 Å². The molecule has 3 rings (SSSR count). The summed E-state index contributed by atoms with van der Waals surface area (Å²) < 4.78 is 17.5. The SMILES string of the molecule is COC1CN(Cc2cnc(Br)cc2OCCOc2cccc(Cl)n2)C1. The molecule has 0 saturated carbocycles. The van der Waals surface area contributed by atoms with E-state index in [0.717, 1.165) is 35.6 Å². The Morgan fingerprint density at radius 1 is 1.28 bits per heavy atom. The number of hydrogen-bond acceptors (Lipinski definition) is 6. The molecule has 2 aromatic heterocycles. The number of halogens is 2. The normalized spacial score (nSPS) is 15.0. The lowest BCUT2D eigenvalue weighted by Gasteiger charge is -2.38. The van der Waals surface area contributed by atoms with E-state index in [9.17, 15) is 0 Å². The molecule has 0 aromatic carbocycles. The molecule has 0 N–H and O–H groups in total. The van der Waals surface area contributed by atoms with Gasteiger partial charge in [-0.3, -0.25) is 4.90 Å². The maximum atomic E-state index is 5.88.